The van der Waals surface area contributed by atoms with Gasteiger partial charge in [0.1, 0.15) is 11.6 Å². The summed E-state index contributed by atoms with van der Waals surface area (Å²) in [7, 11) is 0. The molecule has 2 fully saturated rings. The Morgan fingerprint density at radius 2 is 1.92 bits per heavy atom. The number of nitrogens with zero attached hydrogens (tertiary/aromatic N) is 4. The first-order valence-corrected chi connectivity index (χ1v) is 9.41. The highest BCUT2D eigenvalue weighted by Crippen LogP contribution is 2.29. The van der Waals surface area contributed by atoms with Crippen LogP contribution in [0.1, 0.15) is 18.5 Å². The first-order valence-electron chi connectivity index (χ1n) is 9.41. The van der Waals surface area contributed by atoms with E-state index < -0.39 is 0 Å². The lowest BCUT2D eigenvalue weighted by Gasteiger charge is -2.41. The van der Waals surface area contributed by atoms with Gasteiger partial charge in [0.2, 0.25) is 0 Å². The highest BCUT2D eigenvalue weighted by molar-refractivity contribution is 5.65. The second kappa shape index (κ2) is 7.60. The van der Waals surface area contributed by atoms with Crippen molar-refractivity contribution < 1.29 is 9.84 Å². The molecule has 138 valence electrons. The highest BCUT2D eigenvalue weighted by atomic mass is 16.5. The van der Waals surface area contributed by atoms with Crippen molar-refractivity contribution in [2.45, 2.75) is 25.8 Å². The van der Waals surface area contributed by atoms with E-state index in [0.29, 0.717) is 17.4 Å². The molecular formula is C20H26N4O2. The zero-order chi connectivity index (χ0) is 17.9. The summed E-state index contributed by atoms with van der Waals surface area (Å²) in [5.41, 5.74) is 1.60. The largest absolute Gasteiger partial charge is 0.507 e. The molecule has 2 aromatic rings. The smallest absolute Gasteiger partial charge is 0.165 e. The number of morpholine rings is 1. The molecule has 2 saturated heterocycles. The predicted octanol–water partition coefficient (Wildman–Crippen LogP) is 2.46. The minimum atomic E-state index is 0.217. The lowest BCUT2D eigenvalue weighted by atomic mass is 10.0. The number of ether oxygens (including phenoxy) is 1. The average Bonchev–Trinajstić information content (AvgIpc) is 2.69. The molecule has 0 spiro atoms. The Balaban J connectivity index is 1.58. The van der Waals surface area contributed by atoms with E-state index in [1.807, 2.05) is 31.2 Å². The fraction of sp³-hybridized carbons (Fsp3) is 0.500. The molecule has 0 amide bonds. The number of anilines is 1. The van der Waals surface area contributed by atoms with Crippen molar-refractivity contribution >= 4 is 5.82 Å². The van der Waals surface area contributed by atoms with E-state index >= 15 is 0 Å². The van der Waals surface area contributed by atoms with Crippen molar-refractivity contribution in [1.82, 2.24) is 14.9 Å². The van der Waals surface area contributed by atoms with Gasteiger partial charge in [0.15, 0.2) is 5.82 Å². The third kappa shape index (κ3) is 3.66. The van der Waals surface area contributed by atoms with Gasteiger partial charge >= 0.3 is 0 Å². The molecule has 4 rings (SSSR count). The molecule has 6 nitrogen and oxygen atoms in total. The fourth-order valence-corrected chi connectivity index (χ4v) is 3.90. The second-order valence-corrected chi connectivity index (χ2v) is 7.10. The van der Waals surface area contributed by atoms with Crippen molar-refractivity contribution in [3.8, 4) is 17.1 Å². The summed E-state index contributed by atoms with van der Waals surface area (Å²) in [6, 6.07) is 9.85. The Kier molecular flexibility index (Phi) is 5.04. The van der Waals surface area contributed by atoms with Gasteiger partial charge in [-0.25, -0.2) is 9.97 Å². The number of para-hydroxylation sites is 1. The molecule has 1 atom stereocenters. The number of piperidine rings is 1. The summed E-state index contributed by atoms with van der Waals surface area (Å²) in [6.45, 7) is 7.68. The van der Waals surface area contributed by atoms with E-state index in [4.69, 9.17) is 9.72 Å². The summed E-state index contributed by atoms with van der Waals surface area (Å²) in [4.78, 5) is 14.2. The number of phenolic OH excluding ortho intramolecular Hbond substituents is 1. The summed E-state index contributed by atoms with van der Waals surface area (Å²) in [6.07, 6.45) is 2.39. The molecule has 0 bridgehead atoms. The van der Waals surface area contributed by atoms with Crippen LogP contribution in [0.5, 0.6) is 5.75 Å². The van der Waals surface area contributed by atoms with E-state index in [-0.39, 0.29) is 5.75 Å². The number of aryl methyl sites for hydroxylation is 1. The van der Waals surface area contributed by atoms with Crippen molar-refractivity contribution in [3.05, 3.63) is 36.0 Å². The zero-order valence-electron chi connectivity index (χ0n) is 15.3. The zero-order valence-corrected chi connectivity index (χ0v) is 15.3. The molecular weight excluding hydrogens is 328 g/mol. The molecule has 6 heteroatoms. The van der Waals surface area contributed by atoms with Crippen molar-refractivity contribution in [2.75, 3.05) is 44.3 Å². The van der Waals surface area contributed by atoms with E-state index in [1.54, 1.807) is 6.07 Å². The van der Waals surface area contributed by atoms with Crippen LogP contribution in [0.15, 0.2) is 30.3 Å². The Bertz CT molecular complexity index is 761. The molecule has 26 heavy (non-hydrogen) atoms. The van der Waals surface area contributed by atoms with Gasteiger partial charge in [-0.2, -0.15) is 0 Å². The van der Waals surface area contributed by atoms with Crippen molar-refractivity contribution in [3.63, 3.8) is 0 Å². The van der Waals surface area contributed by atoms with Crippen LogP contribution in [0.2, 0.25) is 0 Å². The summed E-state index contributed by atoms with van der Waals surface area (Å²) in [5, 5.41) is 10.2. The first kappa shape index (κ1) is 17.2. The maximum atomic E-state index is 10.2. The van der Waals surface area contributed by atoms with Crippen LogP contribution in [0, 0.1) is 6.92 Å². The van der Waals surface area contributed by atoms with E-state index in [0.717, 1.165) is 57.3 Å². The standard InChI is InChI=1S/C20H26N4O2/c1-15-13-19(22-20(21-15)17-6-2-3-7-18(17)25)24-8-4-5-16(14-24)23-9-11-26-12-10-23/h2-3,6-7,13,16,25H,4-5,8-12,14H2,1H3/t16-/m1/s1. The van der Waals surface area contributed by atoms with Crippen LogP contribution >= 0.6 is 0 Å². The average molecular weight is 354 g/mol. The van der Waals surface area contributed by atoms with Gasteiger partial charge in [-0.3, -0.25) is 4.90 Å². The van der Waals surface area contributed by atoms with Gasteiger partial charge in [-0.1, -0.05) is 12.1 Å². The maximum absolute atomic E-state index is 10.2. The number of rotatable bonds is 3. The molecule has 2 aliphatic heterocycles. The quantitative estimate of drug-likeness (QED) is 0.914. The topological polar surface area (TPSA) is 61.7 Å². The lowest BCUT2D eigenvalue weighted by molar-refractivity contribution is 0.0137. The molecule has 1 N–H and O–H groups in total. The summed E-state index contributed by atoms with van der Waals surface area (Å²) >= 11 is 0. The SMILES string of the molecule is Cc1cc(N2CCC[C@@H](N3CCOCC3)C2)nc(-c2ccccc2O)n1. The molecule has 1 aromatic carbocycles. The van der Waals surface area contributed by atoms with Crippen molar-refractivity contribution in [2.24, 2.45) is 0 Å². The van der Waals surface area contributed by atoms with E-state index in [9.17, 15) is 5.11 Å². The Morgan fingerprint density at radius 1 is 1.12 bits per heavy atom. The number of aromatic hydroxyl groups is 1. The molecule has 0 radical (unpaired) electrons. The molecule has 2 aliphatic rings. The van der Waals surface area contributed by atoms with Gasteiger partial charge < -0.3 is 14.7 Å². The number of hydrogen-bond donors (Lipinski definition) is 1. The lowest BCUT2D eigenvalue weighted by Crippen LogP contribution is -2.51. The third-order valence-corrected chi connectivity index (χ3v) is 5.27. The van der Waals surface area contributed by atoms with Gasteiger partial charge in [0.25, 0.3) is 0 Å². The third-order valence-electron chi connectivity index (χ3n) is 5.27. The van der Waals surface area contributed by atoms with Gasteiger partial charge in [-0.05, 0) is 31.9 Å². The monoisotopic (exact) mass is 354 g/mol. The van der Waals surface area contributed by atoms with Crippen LogP contribution in [0.4, 0.5) is 5.82 Å². The minimum absolute atomic E-state index is 0.217. The molecule has 1 aromatic heterocycles. The number of benzene rings is 1. The van der Waals surface area contributed by atoms with Gasteiger partial charge in [0, 0.05) is 44.0 Å². The van der Waals surface area contributed by atoms with E-state index in [2.05, 4.69) is 14.8 Å². The maximum Gasteiger partial charge on any atom is 0.165 e. The Hall–Kier alpha value is -2.18. The molecule has 0 saturated carbocycles. The molecule has 3 heterocycles. The Labute approximate surface area is 154 Å². The number of phenols is 1. The van der Waals surface area contributed by atoms with Gasteiger partial charge in [-0.15, -0.1) is 0 Å². The molecule has 0 aliphatic carbocycles. The number of aromatic nitrogens is 2. The van der Waals surface area contributed by atoms with Crippen LogP contribution in [0.3, 0.4) is 0 Å². The first-order chi connectivity index (χ1) is 12.7. The fourth-order valence-electron chi connectivity index (χ4n) is 3.90. The summed E-state index contributed by atoms with van der Waals surface area (Å²) < 4.78 is 5.49. The predicted molar refractivity (Wildman–Crippen MR) is 101 cm³/mol. The van der Waals surface area contributed by atoms with Gasteiger partial charge in [0.05, 0.1) is 18.8 Å². The normalized spacial score (nSPS) is 21.7. The number of hydrogen-bond acceptors (Lipinski definition) is 6. The Morgan fingerprint density at radius 3 is 2.73 bits per heavy atom. The van der Waals surface area contributed by atoms with Crippen LogP contribution in [-0.4, -0.2) is 65.4 Å². The minimum Gasteiger partial charge on any atom is -0.507 e. The van der Waals surface area contributed by atoms with E-state index in [1.165, 1.54) is 6.42 Å². The van der Waals surface area contributed by atoms with Crippen LogP contribution in [0.25, 0.3) is 11.4 Å². The molecule has 0 unspecified atom stereocenters. The second-order valence-electron chi connectivity index (χ2n) is 7.10. The highest BCUT2D eigenvalue weighted by Gasteiger charge is 2.27. The summed E-state index contributed by atoms with van der Waals surface area (Å²) in [5.74, 6) is 1.76. The van der Waals surface area contributed by atoms with Crippen LogP contribution in [-0.2, 0) is 4.74 Å². The van der Waals surface area contributed by atoms with Crippen molar-refractivity contribution in [1.29, 1.82) is 0 Å². The van der Waals surface area contributed by atoms with Crippen LogP contribution < -0.4 is 4.90 Å².